The van der Waals surface area contributed by atoms with Crippen LogP contribution in [-0.2, 0) is 25.4 Å². The zero-order chi connectivity index (χ0) is 34.2. The van der Waals surface area contributed by atoms with Crippen LogP contribution in [0.3, 0.4) is 0 Å². The Kier molecular flexibility index (Phi) is 13.9. The molecule has 2 N–H and O–H groups in total. The molecular weight excluding hydrogens is 606 g/mol. The van der Waals surface area contributed by atoms with Gasteiger partial charge < -0.3 is 29.0 Å². The van der Waals surface area contributed by atoms with Crippen LogP contribution in [-0.4, -0.2) is 75.1 Å². The highest BCUT2D eigenvalue weighted by Gasteiger charge is 2.24. The van der Waals surface area contributed by atoms with Crippen molar-refractivity contribution in [3.05, 3.63) is 95.1 Å². The van der Waals surface area contributed by atoms with Gasteiger partial charge in [-0.3, -0.25) is 9.59 Å². The molecule has 3 aromatic rings. The molecule has 0 spiro atoms. The molecule has 0 aliphatic heterocycles. The Morgan fingerprint density at radius 2 is 1.45 bits per heavy atom. The summed E-state index contributed by atoms with van der Waals surface area (Å²) >= 11 is 0. The zero-order valence-corrected chi connectivity index (χ0v) is 27.2. The van der Waals surface area contributed by atoms with Crippen LogP contribution in [0.2, 0.25) is 0 Å². The smallest absolute Gasteiger partial charge is 0.428 e. The van der Waals surface area contributed by atoms with E-state index in [-0.39, 0.29) is 25.4 Å². The fraction of sp³-hybridized carbons (Fsp3) is 0.343. The van der Waals surface area contributed by atoms with E-state index in [0.717, 1.165) is 5.56 Å². The highest BCUT2D eigenvalue weighted by molar-refractivity contribution is 6.04. The van der Waals surface area contributed by atoms with Crippen LogP contribution in [0.1, 0.15) is 59.5 Å². The molecule has 0 aliphatic rings. The van der Waals surface area contributed by atoms with Crippen LogP contribution >= 0.6 is 0 Å². The van der Waals surface area contributed by atoms with Crippen molar-refractivity contribution in [2.75, 3.05) is 33.5 Å². The molecule has 0 heterocycles. The minimum absolute atomic E-state index is 0.213. The molecule has 12 nitrogen and oxygen atoms in total. The minimum Gasteiger partial charge on any atom is -0.491 e. The summed E-state index contributed by atoms with van der Waals surface area (Å²) in [4.78, 5) is 50.4. The predicted octanol–water partition coefficient (Wildman–Crippen LogP) is 4.74. The standard InChI is InChI=1S/C35H41N3O9/c1-6-44-31(39)23-46-29-17-13-26(14-18-29)32(40)30(21-24-9-15-28(16-10-24)45-20-19-43-5)37-33(41)27-11-7-25(8-12-27)22-36-38-34(42)47-35(2,3)4/h7-18,22,30H,6,19-21,23H2,1-5H3,(H,37,41)(H,38,42)/t30-/m0/s1. The first-order valence-corrected chi connectivity index (χ1v) is 15.0. The van der Waals surface area contributed by atoms with Gasteiger partial charge in [0.15, 0.2) is 12.4 Å². The first-order chi connectivity index (χ1) is 22.5. The molecule has 3 aromatic carbocycles. The topological polar surface area (TPSA) is 151 Å². The molecule has 0 fully saturated rings. The largest absolute Gasteiger partial charge is 0.491 e. The molecule has 0 aromatic heterocycles. The van der Waals surface area contributed by atoms with Crippen molar-refractivity contribution in [1.29, 1.82) is 0 Å². The van der Waals surface area contributed by atoms with Crippen LogP contribution in [0, 0.1) is 0 Å². The lowest BCUT2D eigenvalue weighted by Gasteiger charge is -2.19. The van der Waals surface area contributed by atoms with Crippen molar-refractivity contribution in [2.24, 2.45) is 5.10 Å². The van der Waals surface area contributed by atoms with Crippen molar-refractivity contribution in [3.8, 4) is 11.5 Å². The predicted molar refractivity (Wildman–Crippen MR) is 175 cm³/mol. The van der Waals surface area contributed by atoms with E-state index in [9.17, 15) is 19.2 Å². The van der Waals surface area contributed by atoms with Crippen molar-refractivity contribution >= 4 is 30.0 Å². The van der Waals surface area contributed by atoms with E-state index in [1.54, 1.807) is 95.5 Å². The second-order valence-electron chi connectivity index (χ2n) is 11.2. The number of esters is 1. The van der Waals surface area contributed by atoms with Gasteiger partial charge in [0, 0.05) is 24.7 Å². The highest BCUT2D eigenvalue weighted by atomic mass is 16.6. The van der Waals surface area contributed by atoms with Gasteiger partial charge in [-0.15, -0.1) is 0 Å². The number of amides is 2. The van der Waals surface area contributed by atoms with Crippen molar-refractivity contribution in [2.45, 2.75) is 45.8 Å². The fourth-order valence-corrected chi connectivity index (χ4v) is 4.09. The minimum atomic E-state index is -0.909. The number of rotatable bonds is 16. The van der Waals surface area contributed by atoms with Crippen LogP contribution in [0.5, 0.6) is 11.5 Å². The molecule has 1 atom stereocenters. The summed E-state index contributed by atoms with van der Waals surface area (Å²) < 4.78 is 26.1. The summed E-state index contributed by atoms with van der Waals surface area (Å²) in [6.07, 6.45) is 0.943. The molecule has 250 valence electrons. The quantitative estimate of drug-likeness (QED) is 0.0739. The maximum atomic E-state index is 13.7. The van der Waals surface area contributed by atoms with E-state index in [0.29, 0.717) is 41.4 Å². The Balaban J connectivity index is 1.72. The lowest BCUT2D eigenvalue weighted by Crippen LogP contribution is -2.42. The first kappa shape index (κ1) is 36.2. The van der Waals surface area contributed by atoms with Gasteiger partial charge in [-0.25, -0.2) is 15.0 Å². The summed E-state index contributed by atoms with van der Waals surface area (Å²) in [6.45, 7) is 7.79. The monoisotopic (exact) mass is 647 g/mol. The summed E-state index contributed by atoms with van der Waals surface area (Å²) in [6, 6.07) is 19.2. The molecule has 0 aliphatic carbocycles. The van der Waals surface area contributed by atoms with E-state index in [1.165, 1.54) is 6.21 Å². The molecule has 0 bridgehead atoms. The highest BCUT2D eigenvalue weighted by Crippen LogP contribution is 2.18. The Morgan fingerprint density at radius 1 is 0.830 bits per heavy atom. The third kappa shape index (κ3) is 13.0. The third-order valence-electron chi connectivity index (χ3n) is 6.28. The summed E-state index contributed by atoms with van der Waals surface area (Å²) in [7, 11) is 1.59. The molecule has 0 saturated heterocycles. The maximum Gasteiger partial charge on any atom is 0.428 e. The molecule has 2 amide bonds. The average molecular weight is 648 g/mol. The first-order valence-electron chi connectivity index (χ1n) is 15.0. The van der Waals surface area contributed by atoms with E-state index >= 15 is 0 Å². The van der Waals surface area contributed by atoms with E-state index in [2.05, 4.69) is 15.8 Å². The normalized spacial score (nSPS) is 11.8. The Labute approximate surface area is 274 Å². The fourth-order valence-electron chi connectivity index (χ4n) is 4.09. The number of ketones is 1. The van der Waals surface area contributed by atoms with Crippen molar-refractivity contribution in [1.82, 2.24) is 10.7 Å². The van der Waals surface area contributed by atoms with E-state index in [4.69, 9.17) is 23.7 Å². The second-order valence-corrected chi connectivity index (χ2v) is 11.2. The lowest BCUT2D eigenvalue weighted by molar-refractivity contribution is -0.145. The van der Waals surface area contributed by atoms with Gasteiger partial charge in [-0.1, -0.05) is 24.3 Å². The lowest BCUT2D eigenvalue weighted by atomic mass is 9.97. The third-order valence-corrected chi connectivity index (χ3v) is 6.28. The number of methoxy groups -OCH3 is 1. The van der Waals surface area contributed by atoms with Crippen LogP contribution < -0.4 is 20.2 Å². The van der Waals surface area contributed by atoms with Gasteiger partial charge in [0.05, 0.1) is 25.5 Å². The Morgan fingerprint density at radius 3 is 2.06 bits per heavy atom. The van der Waals surface area contributed by atoms with Crippen LogP contribution in [0.15, 0.2) is 77.9 Å². The number of Topliss-reactive ketones (excluding diaryl/α,β-unsaturated/α-hetero) is 1. The van der Waals surface area contributed by atoms with Gasteiger partial charge in [0.1, 0.15) is 23.7 Å². The summed E-state index contributed by atoms with van der Waals surface area (Å²) in [5, 5.41) is 6.74. The second kappa shape index (κ2) is 18.1. The number of carbonyl (C=O) groups excluding carboxylic acids is 4. The van der Waals surface area contributed by atoms with Gasteiger partial charge >= 0.3 is 12.1 Å². The molecule has 0 saturated carbocycles. The summed E-state index contributed by atoms with van der Waals surface area (Å²) in [5.41, 5.74) is 3.74. The van der Waals surface area contributed by atoms with Crippen molar-refractivity contribution in [3.63, 3.8) is 0 Å². The number of hydrazone groups is 1. The van der Waals surface area contributed by atoms with E-state index in [1.807, 2.05) is 12.1 Å². The van der Waals surface area contributed by atoms with Crippen LogP contribution in [0.25, 0.3) is 0 Å². The number of hydrogen-bond acceptors (Lipinski definition) is 10. The molecule has 0 unspecified atom stereocenters. The zero-order valence-electron chi connectivity index (χ0n) is 27.2. The van der Waals surface area contributed by atoms with Gasteiger partial charge in [-0.2, -0.15) is 5.10 Å². The number of nitrogens with one attached hydrogen (secondary N) is 2. The van der Waals surface area contributed by atoms with E-state index < -0.39 is 29.6 Å². The molecular formula is C35H41N3O9. The Bertz CT molecular complexity index is 1500. The van der Waals surface area contributed by atoms with Crippen molar-refractivity contribution < 1.29 is 42.9 Å². The molecule has 3 rings (SSSR count). The van der Waals surface area contributed by atoms with Crippen LogP contribution in [0.4, 0.5) is 4.79 Å². The molecule has 0 radical (unpaired) electrons. The molecule has 12 heteroatoms. The molecule has 47 heavy (non-hydrogen) atoms. The SMILES string of the molecule is CCOC(=O)COc1ccc(C(=O)[C@H](Cc2ccc(OCCOC)cc2)NC(=O)c2ccc(C=NNC(=O)OC(C)(C)C)cc2)cc1. The number of benzene rings is 3. The van der Waals surface area contributed by atoms with Gasteiger partial charge in [-0.05, 0) is 87.4 Å². The number of ether oxygens (including phenoxy) is 5. The number of hydrogen-bond donors (Lipinski definition) is 2. The Hall–Kier alpha value is -5.23. The maximum absolute atomic E-state index is 13.7. The van der Waals surface area contributed by atoms with Gasteiger partial charge in [0.25, 0.3) is 5.91 Å². The summed E-state index contributed by atoms with van der Waals surface area (Å²) in [5.74, 6) is -0.214. The van der Waals surface area contributed by atoms with Gasteiger partial charge in [0.2, 0.25) is 0 Å². The average Bonchev–Trinajstić information content (AvgIpc) is 3.04. The number of carbonyl (C=O) groups is 4. The number of nitrogens with zero attached hydrogens (tertiary/aromatic N) is 1.